The normalized spacial score (nSPS) is 17.1. The molecule has 1 saturated heterocycles. The van der Waals surface area contributed by atoms with Gasteiger partial charge >= 0.3 is 6.03 Å². The van der Waals surface area contributed by atoms with Crippen LogP contribution in [-0.4, -0.2) is 34.8 Å². The lowest BCUT2D eigenvalue weighted by atomic mass is 10.1. The van der Waals surface area contributed by atoms with E-state index in [4.69, 9.17) is 0 Å². The molecule has 1 heterocycles. The zero-order chi connectivity index (χ0) is 14.9. The highest BCUT2D eigenvalue weighted by Crippen LogP contribution is 2.17. The smallest absolute Gasteiger partial charge is 0.324 e. The first-order valence-electron chi connectivity index (χ1n) is 6.31. The van der Waals surface area contributed by atoms with Gasteiger partial charge in [-0.3, -0.25) is 14.5 Å². The van der Waals surface area contributed by atoms with Crippen molar-refractivity contribution < 1.29 is 14.4 Å². The van der Waals surface area contributed by atoms with E-state index >= 15 is 0 Å². The van der Waals surface area contributed by atoms with E-state index < -0.39 is 23.4 Å². The molecule has 1 aliphatic rings. The van der Waals surface area contributed by atoms with Gasteiger partial charge in [-0.25, -0.2) is 4.79 Å². The SMILES string of the molecule is Cc1ccccc1NC(=O)CN1C(=O)NC(C)(C)C1=O. The van der Waals surface area contributed by atoms with Gasteiger partial charge in [0.2, 0.25) is 5.91 Å². The number of nitrogens with one attached hydrogen (secondary N) is 2. The number of rotatable bonds is 3. The lowest BCUT2D eigenvalue weighted by molar-refractivity contribution is -0.132. The molecule has 6 heteroatoms. The first-order chi connectivity index (χ1) is 9.31. The highest BCUT2D eigenvalue weighted by atomic mass is 16.2. The molecule has 2 N–H and O–H groups in total. The molecule has 0 atom stereocenters. The van der Waals surface area contributed by atoms with Crippen LogP contribution in [0.4, 0.5) is 10.5 Å². The minimum atomic E-state index is -0.958. The molecular weight excluding hydrogens is 258 g/mol. The third-order valence-electron chi connectivity index (χ3n) is 3.17. The monoisotopic (exact) mass is 275 g/mol. The van der Waals surface area contributed by atoms with Gasteiger partial charge in [0.1, 0.15) is 12.1 Å². The van der Waals surface area contributed by atoms with Gasteiger partial charge in [0.15, 0.2) is 0 Å². The van der Waals surface area contributed by atoms with Gasteiger partial charge in [-0.05, 0) is 32.4 Å². The first-order valence-corrected chi connectivity index (χ1v) is 6.31. The summed E-state index contributed by atoms with van der Waals surface area (Å²) in [6, 6.07) is 6.76. The van der Waals surface area contributed by atoms with Crippen molar-refractivity contribution in [3.8, 4) is 0 Å². The molecule has 0 saturated carbocycles. The van der Waals surface area contributed by atoms with Crippen LogP contribution in [0.5, 0.6) is 0 Å². The standard InChI is InChI=1S/C14H17N3O3/c1-9-6-4-5-7-10(9)15-11(18)8-17-12(19)14(2,3)16-13(17)20/h4-7H,8H2,1-3H3,(H,15,18)(H,16,20). The first kappa shape index (κ1) is 14.0. The fourth-order valence-electron chi connectivity index (χ4n) is 2.01. The number of nitrogens with zero attached hydrogens (tertiary/aromatic N) is 1. The molecule has 1 aromatic rings. The van der Waals surface area contributed by atoms with Gasteiger partial charge in [0.05, 0.1) is 0 Å². The average molecular weight is 275 g/mol. The molecule has 0 unspecified atom stereocenters. The molecule has 0 aromatic heterocycles. The third kappa shape index (κ3) is 2.64. The number of imide groups is 1. The van der Waals surface area contributed by atoms with E-state index in [9.17, 15) is 14.4 Å². The molecule has 0 bridgehead atoms. The molecule has 4 amide bonds. The van der Waals surface area contributed by atoms with Crippen molar-refractivity contribution >= 4 is 23.5 Å². The minimum Gasteiger partial charge on any atom is -0.324 e. The van der Waals surface area contributed by atoms with Crippen LogP contribution in [0, 0.1) is 6.92 Å². The molecule has 6 nitrogen and oxygen atoms in total. The van der Waals surface area contributed by atoms with Gasteiger partial charge in [-0.2, -0.15) is 0 Å². The Morgan fingerprint density at radius 3 is 2.50 bits per heavy atom. The molecule has 1 aliphatic heterocycles. The highest BCUT2D eigenvalue weighted by Gasteiger charge is 2.44. The number of aryl methyl sites for hydroxylation is 1. The van der Waals surface area contributed by atoms with Crippen molar-refractivity contribution in [1.82, 2.24) is 10.2 Å². The van der Waals surface area contributed by atoms with E-state index in [-0.39, 0.29) is 6.54 Å². The zero-order valence-electron chi connectivity index (χ0n) is 11.7. The van der Waals surface area contributed by atoms with Crippen LogP contribution in [0.25, 0.3) is 0 Å². The Balaban J connectivity index is 2.04. The molecule has 20 heavy (non-hydrogen) atoms. The fourth-order valence-corrected chi connectivity index (χ4v) is 2.01. The number of carbonyl (C=O) groups is 3. The maximum atomic E-state index is 12.0. The minimum absolute atomic E-state index is 0.289. The van der Waals surface area contributed by atoms with Crippen molar-refractivity contribution in [1.29, 1.82) is 0 Å². The number of para-hydroxylation sites is 1. The molecular formula is C14H17N3O3. The summed E-state index contributed by atoms with van der Waals surface area (Å²) >= 11 is 0. The Bertz CT molecular complexity index is 581. The van der Waals surface area contributed by atoms with Crippen molar-refractivity contribution in [2.24, 2.45) is 0 Å². The zero-order valence-corrected chi connectivity index (χ0v) is 11.7. The van der Waals surface area contributed by atoms with Crippen LogP contribution in [0.2, 0.25) is 0 Å². The Labute approximate surface area is 117 Å². The van der Waals surface area contributed by atoms with E-state index in [1.807, 2.05) is 19.1 Å². The molecule has 1 fully saturated rings. The second-order valence-corrected chi connectivity index (χ2v) is 5.31. The number of amides is 4. The predicted octanol–water partition coefficient (Wildman–Crippen LogP) is 1.26. The topological polar surface area (TPSA) is 78.5 Å². The van der Waals surface area contributed by atoms with Crippen LogP contribution < -0.4 is 10.6 Å². The Morgan fingerprint density at radius 1 is 1.30 bits per heavy atom. The number of benzene rings is 1. The van der Waals surface area contributed by atoms with Gasteiger partial charge in [-0.15, -0.1) is 0 Å². The molecule has 106 valence electrons. The van der Waals surface area contributed by atoms with Gasteiger partial charge in [-0.1, -0.05) is 18.2 Å². The second kappa shape index (κ2) is 4.96. The lowest BCUT2D eigenvalue weighted by Gasteiger charge is -2.16. The molecule has 0 aliphatic carbocycles. The maximum Gasteiger partial charge on any atom is 0.325 e. The summed E-state index contributed by atoms with van der Waals surface area (Å²) in [5.74, 6) is -0.803. The van der Waals surface area contributed by atoms with Crippen molar-refractivity contribution in [2.45, 2.75) is 26.3 Å². The van der Waals surface area contributed by atoms with E-state index in [0.717, 1.165) is 10.5 Å². The van der Waals surface area contributed by atoms with E-state index in [1.165, 1.54) is 0 Å². The molecule has 0 spiro atoms. The summed E-state index contributed by atoms with van der Waals surface area (Å²) in [4.78, 5) is 36.5. The van der Waals surface area contributed by atoms with Crippen LogP contribution in [0.15, 0.2) is 24.3 Å². The quantitative estimate of drug-likeness (QED) is 0.815. The summed E-state index contributed by atoms with van der Waals surface area (Å²) in [6.45, 7) is 4.79. The van der Waals surface area contributed by atoms with Crippen LogP contribution in [-0.2, 0) is 9.59 Å². The molecule has 0 radical (unpaired) electrons. The summed E-state index contributed by atoms with van der Waals surface area (Å²) in [5, 5.41) is 5.22. The summed E-state index contributed by atoms with van der Waals surface area (Å²) in [7, 11) is 0. The fraction of sp³-hybridized carbons (Fsp3) is 0.357. The summed E-state index contributed by atoms with van der Waals surface area (Å²) in [6.07, 6.45) is 0. The average Bonchev–Trinajstić information content (AvgIpc) is 2.55. The Kier molecular flexibility index (Phi) is 3.48. The van der Waals surface area contributed by atoms with E-state index in [2.05, 4.69) is 10.6 Å². The molecule has 1 aromatic carbocycles. The van der Waals surface area contributed by atoms with Crippen LogP contribution >= 0.6 is 0 Å². The molecule has 2 rings (SSSR count). The highest BCUT2D eigenvalue weighted by molar-refractivity contribution is 6.09. The number of anilines is 1. The maximum absolute atomic E-state index is 12.0. The van der Waals surface area contributed by atoms with Gasteiger partial charge in [0, 0.05) is 5.69 Å². The summed E-state index contributed by atoms with van der Waals surface area (Å²) in [5.41, 5.74) is 0.627. The van der Waals surface area contributed by atoms with E-state index in [0.29, 0.717) is 5.69 Å². The van der Waals surface area contributed by atoms with Crippen molar-refractivity contribution in [3.05, 3.63) is 29.8 Å². The van der Waals surface area contributed by atoms with Gasteiger partial charge < -0.3 is 10.6 Å². The Hall–Kier alpha value is -2.37. The van der Waals surface area contributed by atoms with Crippen LogP contribution in [0.1, 0.15) is 19.4 Å². The largest absolute Gasteiger partial charge is 0.325 e. The lowest BCUT2D eigenvalue weighted by Crippen LogP contribution is -2.41. The predicted molar refractivity (Wildman–Crippen MR) is 74.1 cm³/mol. The third-order valence-corrected chi connectivity index (χ3v) is 3.17. The number of hydrogen-bond acceptors (Lipinski definition) is 3. The van der Waals surface area contributed by atoms with E-state index in [1.54, 1.807) is 26.0 Å². The van der Waals surface area contributed by atoms with Crippen molar-refractivity contribution in [3.63, 3.8) is 0 Å². The van der Waals surface area contributed by atoms with Crippen LogP contribution in [0.3, 0.4) is 0 Å². The summed E-state index contributed by atoms with van der Waals surface area (Å²) < 4.78 is 0. The van der Waals surface area contributed by atoms with Gasteiger partial charge in [0.25, 0.3) is 5.91 Å². The number of carbonyl (C=O) groups excluding carboxylic acids is 3. The number of urea groups is 1. The number of hydrogen-bond donors (Lipinski definition) is 2. The van der Waals surface area contributed by atoms with Crippen molar-refractivity contribution in [2.75, 3.05) is 11.9 Å². The second-order valence-electron chi connectivity index (χ2n) is 5.31. The Morgan fingerprint density at radius 2 is 1.95 bits per heavy atom.